The second-order valence-electron chi connectivity index (χ2n) is 4.99. The second kappa shape index (κ2) is 9.00. The Kier molecular flexibility index (Phi) is 6.73. The predicted molar refractivity (Wildman–Crippen MR) is 99.5 cm³/mol. The number of amides is 2. The molecule has 0 heterocycles. The molecular weight excluding hydrogens is 362 g/mol. The fourth-order valence-corrected chi connectivity index (χ4v) is 2.21. The van der Waals surface area contributed by atoms with Crippen LogP contribution in [0.5, 0.6) is 5.75 Å². The Hall–Kier alpha value is -2.64. The minimum atomic E-state index is -0.400. The normalized spacial score (nSPS) is 9.84. The summed E-state index contributed by atoms with van der Waals surface area (Å²) in [5, 5.41) is 3.02. The van der Waals surface area contributed by atoms with E-state index in [1.807, 2.05) is 0 Å². The zero-order chi connectivity index (χ0) is 18.2. The van der Waals surface area contributed by atoms with Gasteiger partial charge in [0.1, 0.15) is 5.75 Å². The SMILES string of the molecule is COc1ccc(CC(=O)NC(=S)NNC(=O)c2ccc(Cl)cc2)cc1. The average molecular weight is 378 g/mol. The monoisotopic (exact) mass is 377 g/mol. The van der Waals surface area contributed by atoms with Crippen LogP contribution in [0.15, 0.2) is 48.5 Å². The molecule has 0 radical (unpaired) electrons. The lowest BCUT2D eigenvalue weighted by molar-refractivity contribution is -0.119. The van der Waals surface area contributed by atoms with Crippen LogP contribution in [0.25, 0.3) is 0 Å². The molecule has 0 saturated heterocycles. The number of carbonyl (C=O) groups excluding carboxylic acids is 2. The first-order valence-electron chi connectivity index (χ1n) is 7.26. The Labute approximate surface area is 155 Å². The Morgan fingerprint density at radius 3 is 2.28 bits per heavy atom. The van der Waals surface area contributed by atoms with Gasteiger partial charge in [-0.2, -0.15) is 0 Å². The highest BCUT2D eigenvalue weighted by Gasteiger charge is 2.08. The van der Waals surface area contributed by atoms with E-state index in [9.17, 15) is 9.59 Å². The summed E-state index contributed by atoms with van der Waals surface area (Å²) in [4.78, 5) is 23.8. The molecule has 2 amide bonds. The van der Waals surface area contributed by atoms with Crippen molar-refractivity contribution in [1.82, 2.24) is 16.2 Å². The van der Waals surface area contributed by atoms with Crippen LogP contribution in [-0.2, 0) is 11.2 Å². The fourth-order valence-electron chi connectivity index (χ4n) is 1.92. The Bertz CT molecular complexity index is 764. The molecule has 0 unspecified atom stereocenters. The standard InChI is InChI=1S/C17H16ClN3O3S/c1-24-14-8-2-11(3-9-14)10-15(22)19-17(25)21-20-16(23)12-4-6-13(18)7-5-12/h2-9H,10H2,1H3,(H,20,23)(H2,19,21,22,25). The topological polar surface area (TPSA) is 79.5 Å². The van der Waals surface area contributed by atoms with Crippen LogP contribution >= 0.6 is 23.8 Å². The number of benzene rings is 2. The van der Waals surface area contributed by atoms with Gasteiger partial charge in [0.05, 0.1) is 13.5 Å². The van der Waals surface area contributed by atoms with Crippen molar-refractivity contribution >= 4 is 40.7 Å². The van der Waals surface area contributed by atoms with E-state index in [0.29, 0.717) is 16.3 Å². The Morgan fingerprint density at radius 2 is 1.68 bits per heavy atom. The number of thiocarbonyl (C=S) groups is 1. The molecule has 2 aromatic carbocycles. The highest BCUT2D eigenvalue weighted by molar-refractivity contribution is 7.80. The maximum Gasteiger partial charge on any atom is 0.269 e. The summed E-state index contributed by atoms with van der Waals surface area (Å²) >= 11 is 10.7. The van der Waals surface area contributed by atoms with E-state index < -0.39 is 5.91 Å². The third-order valence-corrected chi connectivity index (χ3v) is 3.63. The number of ether oxygens (including phenoxy) is 1. The summed E-state index contributed by atoms with van der Waals surface area (Å²) in [7, 11) is 1.57. The summed E-state index contributed by atoms with van der Waals surface area (Å²) in [6.45, 7) is 0. The van der Waals surface area contributed by atoms with Gasteiger partial charge in [-0.05, 0) is 54.2 Å². The number of methoxy groups -OCH3 is 1. The van der Waals surface area contributed by atoms with Gasteiger partial charge in [-0.15, -0.1) is 0 Å². The molecule has 8 heteroatoms. The Morgan fingerprint density at radius 1 is 1.04 bits per heavy atom. The summed E-state index contributed by atoms with van der Waals surface area (Å²) < 4.78 is 5.06. The average Bonchev–Trinajstić information content (AvgIpc) is 2.61. The molecule has 0 atom stereocenters. The van der Waals surface area contributed by atoms with Crippen molar-refractivity contribution in [2.75, 3.05) is 7.11 Å². The van der Waals surface area contributed by atoms with Gasteiger partial charge in [0.25, 0.3) is 5.91 Å². The molecule has 2 rings (SSSR count). The molecular formula is C17H16ClN3O3S. The van der Waals surface area contributed by atoms with Crippen molar-refractivity contribution in [3.63, 3.8) is 0 Å². The van der Waals surface area contributed by atoms with E-state index in [2.05, 4.69) is 16.2 Å². The maximum atomic E-state index is 11.9. The van der Waals surface area contributed by atoms with Gasteiger partial charge in [-0.25, -0.2) is 0 Å². The summed E-state index contributed by atoms with van der Waals surface area (Å²) in [6, 6.07) is 13.5. The molecule has 0 aromatic heterocycles. The molecule has 130 valence electrons. The van der Waals surface area contributed by atoms with Crippen molar-refractivity contribution in [2.45, 2.75) is 6.42 Å². The molecule has 0 bridgehead atoms. The van der Waals surface area contributed by atoms with Crippen molar-refractivity contribution < 1.29 is 14.3 Å². The lowest BCUT2D eigenvalue weighted by Crippen LogP contribution is -2.48. The smallest absolute Gasteiger partial charge is 0.269 e. The van der Waals surface area contributed by atoms with Crippen molar-refractivity contribution in [1.29, 1.82) is 0 Å². The first kappa shape index (κ1) is 18.7. The summed E-state index contributed by atoms with van der Waals surface area (Å²) in [5.74, 6) is 0.0121. The van der Waals surface area contributed by atoms with Crippen LogP contribution in [0.3, 0.4) is 0 Å². The number of hydrogen-bond acceptors (Lipinski definition) is 4. The lowest BCUT2D eigenvalue weighted by Gasteiger charge is -2.11. The number of hydrogen-bond donors (Lipinski definition) is 3. The van der Waals surface area contributed by atoms with E-state index in [1.165, 1.54) is 0 Å². The van der Waals surface area contributed by atoms with Crippen LogP contribution in [0.2, 0.25) is 5.02 Å². The van der Waals surface area contributed by atoms with E-state index in [0.717, 1.165) is 5.56 Å². The van der Waals surface area contributed by atoms with Crippen molar-refractivity contribution in [2.24, 2.45) is 0 Å². The fraction of sp³-hybridized carbons (Fsp3) is 0.118. The van der Waals surface area contributed by atoms with Crippen LogP contribution in [0.4, 0.5) is 0 Å². The minimum absolute atomic E-state index is 0.000764. The lowest BCUT2D eigenvalue weighted by atomic mass is 10.1. The second-order valence-corrected chi connectivity index (χ2v) is 5.83. The molecule has 6 nitrogen and oxygen atoms in total. The minimum Gasteiger partial charge on any atom is -0.497 e. The predicted octanol–water partition coefficient (Wildman–Crippen LogP) is 2.23. The van der Waals surface area contributed by atoms with Gasteiger partial charge in [0.15, 0.2) is 5.11 Å². The van der Waals surface area contributed by atoms with Gasteiger partial charge in [0.2, 0.25) is 5.91 Å². The molecule has 2 aromatic rings. The molecule has 0 spiro atoms. The number of nitrogens with one attached hydrogen (secondary N) is 3. The molecule has 0 saturated carbocycles. The number of halogens is 1. The molecule has 0 aliphatic heterocycles. The van der Waals surface area contributed by atoms with Gasteiger partial charge >= 0.3 is 0 Å². The first-order valence-corrected chi connectivity index (χ1v) is 8.05. The van der Waals surface area contributed by atoms with E-state index in [1.54, 1.807) is 55.6 Å². The molecule has 0 fully saturated rings. The highest BCUT2D eigenvalue weighted by atomic mass is 35.5. The van der Waals surface area contributed by atoms with Gasteiger partial charge in [-0.3, -0.25) is 20.4 Å². The Balaban J connectivity index is 1.77. The van der Waals surface area contributed by atoms with Crippen LogP contribution in [0, 0.1) is 0 Å². The molecule has 3 N–H and O–H groups in total. The third kappa shape index (κ3) is 6.06. The van der Waals surface area contributed by atoms with Crippen LogP contribution in [0.1, 0.15) is 15.9 Å². The van der Waals surface area contributed by atoms with Crippen LogP contribution < -0.4 is 20.9 Å². The largest absolute Gasteiger partial charge is 0.497 e. The molecule has 25 heavy (non-hydrogen) atoms. The zero-order valence-electron chi connectivity index (χ0n) is 13.3. The van der Waals surface area contributed by atoms with Gasteiger partial charge in [-0.1, -0.05) is 23.7 Å². The molecule has 0 aliphatic carbocycles. The van der Waals surface area contributed by atoms with Crippen molar-refractivity contribution in [3.05, 3.63) is 64.7 Å². The number of carbonyl (C=O) groups is 2. The first-order chi connectivity index (χ1) is 12.0. The molecule has 0 aliphatic rings. The van der Waals surface area contributed by atoms with E-state index in [-0.39, 0.29) is 17.4 Å². The number of rotatable bonds is 4. The maximum absolute atomic E-state index is 11.9. The van der Waals surface area contributed by atoms with E-state index >= 15 is 0 Å². The quantitative estimate of drug-likeness (QED) is 0.562. The van der Waals surface area contributed by atoms with E-state index in [4.69, 9.17) is 28.6 Å². The highest BCUT2D eigenvalue weighted by Crippen LogP contribution is 2.11. The zero-order valence-corrected chi connectivity index (χ0v) is 14.9. The van der Waals surface area contributed by atoms with Gasteiger partial charge in [0, 0.05) is 10.6 Å². The number of hydrazine groups is 1. The third-order valence-electron chi connectivity index (χ3n) is 3.17. The van der Waals surface area contributed by atoms with Crippen LogP contribution in [-0.4, -0.2) is 24.0 Å². The van der Waals surface area contributed by atoms with Crippen molar-refractivity contribution in [3.8, 4) is 5.75 Å². The summed E-state index contributed by atoms with van der Waals surface area (Å²) in [5.41, 5.74) is 6.09. The van der Waals surface area contributed by atoms with Gasteiger partial charge < -0.3 is 10.1 Å². The summed E-state index contributed by atoms with van der Waals surface area (Å²) in [6.07, 6.45) is 0.150.